The third-order valence-corrected chi connectivity index (χ3v) is 6.60. The average Bonchev–Trinajstić information content (AvgIpc) is 2.78. The molecule has 9 heteroatoms. The Morgan fingerprint density at radius 3 is 2.44 bits per heavy atom. The Hall–Kier alpha value is -3.56. The molecule has 0 aliphatic carbocycles. The first-order valence-corrected chi connectivity index (χ1v) is 11.5. The molecule has 164 valence electrons. The van der Waals surface area contributed by atoms with Crippen LogP contribution in [0.4, 0.5) is 5.82 Å². The molecule has 0 radical (unpaired) electrons. The number of rotatable bonds is 7. The predicted molar refractivity (Wildman–Crippen MR) is 122 cm³/mol. The van der Waals surface area contributed by atoms with Crippen molar-refractivity contribution < 1.29 is 13.2 Å². The molecule has 1 aliphatic rings. The number of nitrogens with one attached hydrogen (secondary N) is 1. The summed E-state index contributed by atoms with van der Waals surface area (Å²) in [6.07, 6.45) is 2.32. The number of hydrazine groups is 1. The summed E-state index contributed by atoms with van der Waals surface area (Å²) in [5.74, 6) is -0.237. The van der Waals surface area contributed by atoms with Gasteiger partial charge >= 0.3 is 0 Å². The third-order valence-electron chi connectivity index (χ3n) is 5.25. The Morgan fingerprint density at radius 2 is 1.84 bits per heavy atom. The first kappa shape index (κ1) is 21.7. The molecular weight excluding hydrogens is 426 g/mol. The summed E-state index contributed by atoms with van der Waals surface area (Å²) < 4.78 is 25.0. The molecule has 0 unspecified atom stereocenters. The number of nitrogen functional groups attached to an aromatic ring is 1. The minimum absolute atomic E-state index is 0.0208. The van der Waals surface area contributed by atoms with E-state index in [1.807, 2.05) is 31.2 Å². The maximum atomic E-state index is 12.9. The second-order valence-corrected chi connectivity index (χ2v) is 9.32. The van der Waals surface area contributed by atoms with Crippen molar-refractivity contribution in [2.24, 2.45) is 0 Å². The van der Waals surface area contributed by atoms with Crippen LogP contribution < -0.4 is 10.6 Å². The van der Waals surface area contributed by atoms with Crippen molar-refractivity contribution in [2.45, 2.75) is 24.7 Å². The van der Waals surface area contributed by atoms with Crippen molar-refractivity contribution in [3.05, 3.63) is 83.8 Å². The summed E-state index contributed by atoms with van der Waals surface area (Å²) in [6.45, 7) is 6.35. The number of anilines is 1. The first-order valence-electron chi connectivity index (χ1n) is 10.0. The van der Waals surface area contributed by atoms with E-state index >= 15 is 0 Å². The van der Waals surface area contributed by atoms with E-state index in [9.17, 15) is 13.2 Å². The number of Topliss-reactive ketones (excluding diaryl/α,β-unsaturated/α-hetero) is 1. The zero-order valence-corrected chi connectivity index (χ0v) is 18.4. The van der Waals surface area contributed by atoms with Gasteiger partial charge in [-0.2, -0.15) is 0 Å². The van der Waals surface area contributed by atoms with Crippen molar-refractivity contribution >= 4 is 21.6 Å². The summed E-state index contributed by atoms with van der Waals surface area (Å²) in [4.78, 5) is 24.0. The monoisotopic (exact) mass is 449 g/mol. The van der Waals surface area contributed by atoms with Gasteiger partial charge in [-0.1, -0.05) is 48.5 Å². The molecule has 4 rings (SSSR count). The van der Waals surface area contributed by atoms with E-state index < -0.39 is 10.0 Å². The van der Waals surface area contributed by atoms with Gasteiger partial charge in [-0.05, 0) is 24.6 Å². The lowest BCUT2D eigenvalue weighted by Crippen LogP contribution is -2.47. The van der Waals surface area contributed by atoms with E-state index in [0.717, 1.165) is 23.2 Å². The first-order chi connectivity index (χ1) is 15.2. The number of aryl methyl sites for hydroxylation is 1. The highest BCUT2D eigenvalue weighted by molar-refractivity contribution is 7.89. The summed E-state index contributed by atoms with van der Waals surface area (Å²) >= 11 is 0. The van der Waals surface area contributed by atoms with Crippen LogP contribution in [0.25, 0.3) is 11.3 Å². The second kappa shape index (κ2) is 8.52. The molecule has 8 nitrogen and oxygen atoms in total. The molecule has 1 aliphatic heterocycles. The number of sulfonamides is 1. The molecule has 0 atom stereocenters. The fraction of sp³-hybridized carbons (Fsp3) is 0.174. The molecule has 0 saturated carbocycles. The number of aromatic nitrogens is 2. The minimum Gasteiger partial charge on any atom is -0.382 e. The molecular formula is C23H23N5O3S. The van der Waals surface area contributed by atoms with Crippen molar-refractivity contribution in [3.8, 4) is 11.3 Å². The van der Waals surface area contributed by atoms with Crippen LogP contribution >= 0.6 is 0 Å². The fourth-order valence-corrected chi connectivity index (χ4v) is 4.32. The van der Waals surface area contributed by atoms with Crippen molar-refractivity contribution in [1.82, 2.24) is 19.8 Å². The van der Waals surface area contributed by atoms with E-state index in [0.29, 0.717) is 17.8 Å². The quantitative estimate of drug-likeness (QED) is 0.533. The fourth-order valence-electron chi connectivity index (χ4n) is 3.21. The van der Waals surface area contributed by atoms with Crippen LogP contribution in [0.2, 0.25) is 0 Å². The molecule has 32 heavy (non-hydrogen) atoms. The Bertz CT molecular complexity index is 1290. The van der Waals surface area contributed by atoms with E-state index in [-0.39, 0.29) is 28.6 Å². The summed E-state index contributed by atoms with van der Waals surface area (Å²) in [5.41, 5.74) is 9.88. The van der Waals surface area contributed by atoms with Crippen LogP contribution in [-0.4, -0.2) is 35.7 Å². The van der Waals surface area contributed by atoms with Crippen LogP contribution in [0, 0.1) is 6.92 Å². The normalized spacial score (nSPS) is 13.7. The topological polar surface area (TPSA) is 118 Å². The lowest BCUT2D eigenvalue weighted by Gasteiger charge is -2.35. The Morgan fingerprint density at radius 1 is 1.16 bits per heavy atom. The average molecular weight is 450 g/mol. The molecule has 1 aromatic heterocycles. The zero-order chi connectivity index (χ0) is 22.9. The number of ketones is 1. The van der Waals surface area contributed by atoms with Crippen LogP contribution in [0.5, 0.6) is 0 Å². The SMILES string of the molecule is C=C1CCN1NS(=O)(=O)c1ccc(CC(=O)c2nc(-c3ccc(C)cc3)cnc2N)cc1. The summed E-state index contributed by atoms with van der Waals surface area (Å²) in [7, 11) is -3.71. The largest absolute Gasteiger partial charge is 0.382 e. The minimum atomic E-state index is -3.71. The van der Waals surface area contributed by atoms with Crippen molar-refractivity contribution in [2.75, 3.05) is 12.3 Å². The Balaban J connectivity index is 1.50. The van der Waals surface area contributed by atoms with Crippen molar-refractivity contribution in [1.29, 1.82) is 0 Å². The van der Waals surface area contributed by atoms with E-state index in [4.69, 9.17) is 5.73 Å². The number of carbonyl (C=O) groups excluding carboxylic acids is 1. The Kier molecular flexibility index (Phi) is 5.77. The van der Waals surface area contributed by atoms with Crippen LogP contribution in [-0.2, 0) is 16.4 Å². The van der Waals surface area contributed by atoms with Crippen LogP contribution in [0.15, 0.2) is 71.9 Å². The lowest BCUT2D eigenvalue weighted by atomic mass is 10.1. The van der Waals surface area contributed by atoms with Gasteiger partial charge < -0.3 is 5.73 Å². The van der Waals surface area contributed by atoms with Gasteiger partial charge in [0, 0.05) is 30.6 Å². The van der Waals surface area contributed by atoms with Gasteiger partial charge in [-0.25, -0.2) is 18.4 Å². The summed E-state index contributed by atoms with van der Waals surface area (Å²) in [5, 5.41) is 1.50. The molecule has 0 bridgehead atoms. The second-order valence-electron chi connectivity index (χ2n) is 7.66. The van der Waals surface area contributed by atoms with E-state index in [1.165, 1.54) is 23.3 Å². The smallest absolute Gasteiger partial charge is 0.257 e. The number of nitrogens with two attached hydrogens (primary N) is 1. The molecule has 1 saturated heterocycles. The number of carbonyl (C=O) groups is 1. The highest BCUT2D eigenvalue weighted by Crippen LogP contribution is 2.22. The van der Waals surface area contributed by atoms with Gasteiger partial charge in [-0.3, -0.25) is 9.80 Å². The number of benzene rings is 2. The van der Waals surface area contributed by atoms with E-state index in [1.54, 1.807) is 12.1 Å². The molecule has 1 fully saturated rings. The highest BCUT2D eigenvalue weighted by atomic mass is 32.2. The van der Waals surface area contributed by atoms with Gasteiger partial charge in [0.1, 0.15) is 5.69 Å². The molecule has 0 amide bonds. The van der Waals surface area contributed by atoms with Crippen LogP contribution in [0.3, 0.4) is 0 Å². The van der Waals surface area contributed by atoms with Gasteiger partial charge in [0.25, 0.3) is 10.0 Å². The maximum absolute atomic E-state index is 12.9. The van der Waals surface area contributed by atoms with Crippen molar-refractivity contribution in [3.63, 3.8) is 0 Å². The number of nitrogens with zero attached hydrogens (tertiary/aromatic N) is 3. The van der Waals surface area contributed by atoms with E-state index in [2.05, 4.69) is 21.4 Å². The molecule has 2 heterocycles. The van der Waals surface area contributed by atoms with Crippen LogP contribution in [0.1, 0.15) is 28.0 Å². The standard InChI is InChI=1S/C23H23N5O3S/c1-15-3-7-18(8-4-15)20-14-25-23(24)22(26-20)21(29)13-17-5-9-19(10-6-17)32(30,31)27-28-12-11-16(28)2/h3-10,14,27H,2,11-13H2,1H3,(H2,24,25). The molecule has 3 aromatic rings. The predicted octanol–water partition coefficient (Wildman–Crippen LogP) is 2.87. The summed E-state index contributed by atoms with van der Waals surface area (Å²) in [6, 6.07) is 13.9. The van der Waals surface area contributed by atoms with Gasteiger partial charge in [0.15, 0.2) is 11.6 Å². The van der Waals surface area contributed by atoms with Gasteiger partial charge in [0.2, 0.25) is 0 Å². The molecule has 0 spiro atoms. The third kappa shape index (κ3) is 4.53. The maximum Gasteiger partial charge on any atom is 0.257 e. The Labute approximate surface area is 186 Å². The lowest BCUT2D eigenvalue weighted by molar-refractivity contribution is 0.0989. The van der Waals surface area contributed by atoms with Gasteiger partial charge in [-0.15, -0.1) is 4.83 Å². The molecule has 3 N–H and O–H groups in total. The van der Waals surface area contributed by atoms with Gasteiger partial charge in [0.05, 0.1) is 16.8 Å². The molecule has 2 aromatic carbocycles. The number of hydrogen-bond acceptors (Lipinski definition) is 7. The zero-order valence-electron chi connectivity index (χ0n) is 17.6. The highest BCUT2D eigenvalue weighted by Gasteiger charge is 2.24. The number of hydrogen-bond donors (Lipinski definition) is 2.